The molecule has 0 aromatic heterocycles. The molecule has 0 aliphatic rings. The summed E-state index contributed by atoms with van der Waals surface area (Å²) in [5.74, 6) is 0.0234. The average Bonchev–Trinajstić information content (AvgIpc) is 2.71. The summed E-state index contributed by atoms with van der Waals surface area (Å²) in [6.45, 7) is 0.705. The molecule has 27 heavy (non-hydrogen) atoms. The second kappa shape index (κ2) is 9.83. The van der Waals surface area contributed by atoms with E-state index in [9.17, 15) is 9.90 Å². The minimum Gasteiger partial charge on any atom is -0.478 e. The van der Waals surface area contributed by atoms with Gasteiger partial charge in [-0.15, -0.1) is 0 Å². The molecule has 2 N–H and O–H groups in total. The monoisotopic (exact) mass is 377 g/mol. The van der Waals surface area contributed by atoms with Crippen LogP contribution in [0.25, 0.3) is 0 Å². The smallest absolute Gasteiger partial charge is 0.337 e. The van der Waals surface area contributed by atoms with Crippen molar-refractivity contribution < 1.29 is 9.90 Å². The summed E-state index contributed by atoms with van der Waals surface area (Å²) in [4.78, 5) is 11.4. The predicted molar refractivity (Wildman–Crippen MR) is 114 cm³/mol. The minimum absolute atomic E-state index is 0.309. The van der Waals surface area contributed by atoms with Crippen LogP contribution in [0.2, 0.25) is 0 Å². The summed E-state index contributed by atoms with van der Waals surface area (Å²) in [6, 6.07) is 27.9. The third kappa shape index (κ3) is 5.90. The Morgan fingerprint density at radius 3 is 2.11 bits per heavy atom. The minimum atomic E-state index is -0.908. The maximum Gasteiger partial charge on any atom is 0.337 e. The summed E-state index contributed by atoms with van der Waals surface area (Å²) < 4.78 is 0. The van der Waals surface area contributed by atoms with E-state index in [4.69, 9.17) is 0 Å². The molecule has 0 radical (unpaired) electrons. The van der Waals surface area contributed by atoms with Crippen LogP contribution in [0.3, 0.4) is 0 Å². The molecule has 3 nitrogen and oxygen atoms in total. The highest BCUT2D eigenvalue weighted by Gasteiger charge is 2.14. The summed E-state index contributed by atoms with van der Waals surface area (Å²) in [5.41, 5.74) is 3.57. The first-order valence-electron chi connectivity index (χ1n) is 8.98. The fourth-order valence-corrected chi connectivity index (χ4v) is 4.03. The maximum atomic E-state index is 11.4. The van der Waals surface area contributed by atoms with Gasteiger partial charge in [-0.1, -0.05) is 72.8 Å². The standard InChI is InChI=1S/C23H23NO2S/c25-23(26)21-13-7-8-14-22(21)24-16-20(15-18-9-3-1-4-10-18)27-17-19-11-5-2-6-12-19/h1-14,20,24H,15-17H2,(H,25,26). The van der Waals surface area contributed by atoms with Crippen molar-refractivity contribution >= 4 is 23.4 Å². The van der Waals surface area contributed by atoms with E-state index in [1.807, 2.05) is 36.0 Å². The van der Waals surface area contributed by atoms with Gasteiger partial charge in [0.1, 0.15) is 0 Å². The molecular weight excluding hydrogens is 354 g/mol. The van der Waals surface area contributed by atoms with E-state index < -0.39 is 5.97 Å². The number of anilines is 1. The van der Waals surface area contributed by atoms with E-state index >= 15 is 0 Å². The number of carboxylic acids is 1. The van der Waals surface area contributed by atoms with Gasteiger partial charge in [0.2, 0.25) is 0 Å². The average molecular weight is 378 g/mol. The van der Waals surface area contributed by atoms with E-state index in [2.05, 4.69) is 53.8 Å². The molecule has 138 valence electrons. The molecule has 0 spiro atoms. The number of hydrogen-bond acceptors (Lipinski definition) is 3. The summed E-state index contributed by atoms with van der Waals surface area (Å²) >= 11 is 1.89. The second-order valence-electron chi connectivity index (χ2n) is 6.34. The lowest BCUT2D eigenvalue weighted by Gasteiger charge is -2.19. The Kier molecular flexibility index (Phi) is 6.94. The van der Waals surface area contributed by atoms with Crippen molar-refractivity contribution in [3.8, 4) is 0 Å². The van der Waals surface area contributed by atoms with Crippen LogP contribution in [0.5, 0.6) is 0 Å². The zero-order valence-corrected chi connectivity index (χ0v) is 15.9. The van der Waals surface area contributed by atoms with Crippen LogP contribution in [0.15, 0.2) is 84.9 Å². The Morgan fingerprint density at radius 2 is 1.44 bits per heavy atom. The van der Waals surface area contributed by atoms with Crippen molar-refractivity contribution in [2.45, 2.75) is 17.4 Å². The number of carbonyl (C=O) groups is 1. The molecule has 0 saturated carbocycles. The van der Waals surface area contributed by atoms with Gasteiger partial charge in [0.25, 0.3) is 0 Å². The number of carboxylic acid groups (broad SMARTS) is 1. The number of thioether (sulfide) groups is 1. The van der Waals surface area contributed by atoms with Gasteiger partial charge in [0.15, 0.2) is 0 Å². The van der Waals surface area contributed by atoms with Crippen LogP contribution in [-0.2, 0) is 12.2 Å². The fourth-order valence-electron chi connectivity index (χ4n) is 2.90. The first kappa shape index (κ1) is 19.1. The van der Waals surface area contributed by atoms with Crippen molar-refractivity contribution in [2.24, 2.45) is 0 Å². The lowest BCUT2D eigenvalue weighted by Crippen LogP contribution is -2.20. The van der Waals surface area contributed by atoms with Crippen LogP contribution in [-0.4, -0.2) is 22.9 Å². The number of hydrogen-bond donors (Lipinski definition) is 2. The third-order valence-corrected chi connectivity index (χ3v) is 5.62. The number of aromatic carboxylic acids is 1. The quantitative estimate of drug-likeness (QED) is 0.528. The zero-order chi connectivity index (χ0) is 18.9. The summed E-state index contributed by atoms with van der Waals surface area (Å²) in [6.07, 6.45) is 0.931. The molecule has 0 aliphatic heterocycles. The fraction of sp³-hybridized carbons (Fsp3) is 0.174. The van der Waals surface area contributed by atoms with Gasteiger partial charge in [0, 0.05) is 23.2 Å². The molecule has 3 aromatic carbocycles. The summed E-state index contributed by atoms with van der Waals surface area (Å²) in [5, 5.41) is 13.1. The molecular formula is C23H23NO2S. The molecule has 0 saturated heterocycles. The van der Waals surface area contributed by atoms with Gasteiger partial charge in [-0.05, 0) is 29.7 Å². The van der Waals surface area contributed by atoms with E-state index in [1.54, 1.807) is 12.1 Å². The molecule has 4 heteroatoms. The molecule has 0 heterocycles. The van der Waals surface area contributed by atoms with Gasteiger partial charge < -0.3 is 10.4 Å². The van der Waals surface area contributed by atoms with Gasteiger partial charge in [-0.2, -0.15) is 11.8 Å². The van der Waals surface area contributed by atoms with E-state index in [-0.39, 0.29) is 0 Å². The third-order valence-electron chi connectivity index (χ3n) is 4.31. The number of benzene rings is 3. The highest BCUT2D eigenvalue weighted by molar-refractivity contribution is 7.99. The van der Waals surface area contributed by atoms with Crippen molar-refractivity contribution in [3.63, 3.8) is 0 Å². The van der Waals surface area contributed by atoms with Crippen LogP contribution in [0.4, 0.5) is 5.69 Å². The van der Waals surface area contributed by atoms with Crippen LogP contribution < -0.4 is 5.32 Å². The normalized spacial score (nSPS) is 11.7. The molecule has 3 aromatic rings. The lowest BCUT2D eigenvalue weighted by atomic mass is 10.1. The molecule has 0 amide bonds. The molecule has 1 unspecified atom stereocenters. The topological polar surface area (TPSA) is 49.3 Å². The van der Waals surface area contributed by atoms with Crippen LogP contribution in [0.1, 0.15) is 21.5 Å². The molecule has 3 rings (SSSR count). The Morgan fingerprint density at radius 1 is 0.852 bits per heavy atom. The Bertz CT molecular complexity index is 853. The highest BCUT2D eigenvalue weighted by atomic mass is 32.2. The lowest BCUT2D eigenvalue weighted by molar-refractivity contribution is 0.0698. The van der Waals surface area contributed by atoms with E-state index in [1.165, 1.54) is 11.1 Å². The number of nitrogens with one attached hydrogen (secondary N) is 1. The zero-order valence-electron chi connectivity index (χ0n) is 15.0. The molecule has 1 atom stereocenters. The highest BCUT2D eigenvalue weighted by Crippen LogP contribution is 2.23. The van der Waals surface area contributed by atoms with Crippen molar-refractivity contribution in [2.75, 3.05) is 11.9 Å². The van der Waals surface area contributed by atoms with Gasteiger partial charge in [-0.3, -0.25) is 0 Å². The van der Waals surface area contributed by atoms with Crippen LogP contribution >= 0.6 is 11.8 Å². The van der Waals surface area contributed by atoms with Crippen molar-refractivity contribution in [1.82, 2.24) is 0 Å². The number of para-hydroxylation sites is 1. The van der Waals surface area contributed by atoms with E-state index in [0.717, 1.165) is 12.2 Å². The Hall–Kier alpha value is -2.72. The van der Waals surface area contributed by atoms with Crippen molar-refractivity contribution in [3.05, 3.63) is 102 Å². The van der Waals surface area contributed by atoms with Crippen LogP contribution in [0, 0.1) is 0 Å². The van der Waals surface area contributed by atoms with Crippen molar-refractivity contribution in [1.29, 1.82) is 0 Å². The van der Waals surface area contributed by atoms with Gasteiger partial charge in [0.05, 0.1) is 5.56 Å². The molecule has 0 fully saturated rings. The SMILES string of the molecule is O=C(O)c1ccccc1NCC(Cc1ccccc1)SCc1ccccc1. The first-order chi connectivity index (χ1) is 13.2. The molecule has 0 aliphatic carbocycles. The Balaban J connectivity index is 1.68. The maximum absolute atomic E-state index is 11.4. The predicted octanol–water partition coefficient (Wildman–Crippen LogP) is 5.34. The first-order valence-corrected chi connectivity index (χ1v) is 10.0. The van der Waals surface area contributed by atoms with Gasteiger partial charge in [-0.25, -0.2) is 4.79 Å². The largest absolute Gasteiger partial charge is 0.478 e. The summed E-state index contributed by atoms with van der Waals surface area (Å²) in [7, 11) is 0. The molecule has 0 bridgehead atoms. The van der Waals surface area contributed by atoms with Gasteiger partial charge >= 0.3 is 5.97 Å². The number of rotatable bonds is 9. The Labute approximate surface area is 164 Å². The second-order valence-corrected chi connectivity index (χ2v) is 7.63. The van der Waals surface area contributed by atoms with E-state index in [0.29, 0.717) is 23.0 Å².